The molecule has 2 amide bonds. The predicted octanol–water partition coefficient (Wildman–Crippen LogP) is 5.79. The first kappa shape index (κ1) is 24.5. The van der Waals surface area contributed by atoms with Gasteiger partial charge in [0.05, 0.1) is 5.56 Å². The van der Waals surface area contributed by atoms with Gasteiger partial charge in [-0.15, -0.1) is 0 Å². The Balaban J connectivity index is 1.34. The van der Waals surface area contributed by atoms with E-state index in [2.05, 4.69) is 50.8 Å². The molecule has 0 fully saturated rings. The molecule has 0 bridgehead atoms. The van der Waals surface area contributed by atoms with E-state index in [0.717, 1.165) is 22.3 Å². The molecular weight excluding hydrogens is 512 g/mol. The first-order valence-electron chi connectivity index (χ1n) is 11.3. The van der Waals surface area contributed by atoms with Gasteiger partial charge in [0, 0.05) is 28.5 Å². The molecule has 0 radical (unpaired) electrons. The van der Waals surface area contributed by atoms with Crippen molar-refractivity contribution in [3.63, 3.8) is 0 Å². The largest absolute Gasteiger partial charge is 0.478 e. The minimum Gasteiger partial charge on any atom is -0.478 e. The highest BCUT2D eigenvalue weighted by Gasteiger charge is 2.29. The Labute approximate surface area is 211 Å². The van der Waals surface area contributed by atoms with Gasteiger partial charge in [0.15, 0.2) is 0 Å². The maximum Gasteiger partial charge on any atom is 0.407 e. The molecule has 8 heteroatoms. The van der Waals surface area contributed by atoms with Gasteiger partial charge in [0.25, 0.3) is 0 Å². The number of carbonyl (C=O) groups is 3. The van der Waals surface area contributed by atoms with Crippen LogP contribution in [0.1, 0.15) is 47.2 Å². The molecule has 1 atom stereocenters. The first-order valence-corrected chi connectivity index (χ1v) is 12.1. The van der Waals surface area contributed by atoms with E-state index < -0.39 is 18.1 Å². The van der Waals surface area contributed by atoms with Crippen LogP contribution in [0, 0.1) is 0 Å². The highest BCUT2D eigenvalue weighted by atomic mass is 79.9. The fourth-order valence-electron chi connectivity index (χ4n) is 4.31. The van der Waals surface area contributed by atoms with E-state index in [4.69, 9.17) is 4.74 Å². The molecular formula is C27H25BrN2O5. The maximum atomic E-state index is 12.6. The van der Waals surface area contributed by atoms with Crippen molar-refractivity contribution < 1.29 is 24.2 Å². The number of carbonyl (C=O) groups excluding carboxylic acids is 2. The number of nitrogens with one attached hydrogen (secondary N) is 2. The van der Waals surface area contributed by atoms with Crippen LogP contribution < -0.4 is 10.6 Å². The molecule has 0 saturated heterocycles. The van der Waals surface area contributed by atoms with Gasteiger partial charge in [0.2, 0.25) is 5.91 Å². The number of aromatic carboxylic acids is 1. The summed E-state index contributed by atoms with van der Waals surface area (Å²) < 4.78 is 6.00. The quantitative estimate of drug-likeness (QED) is 0.337. The van der Waals surface area contributed by atoms with Crippen molar-refractivity contribution in [3.8, 4) is 11.1 Å². The van der Waals surface area contributed by atoms with Gasteiger partial charge >= 0.3 is 12.1 Å². The Morgan fingerprint density at radius 1 is 1.00 bits per heavy atom. The third kappa shape index (κ3) is 5.54. The number of halogens is 1. The highest BCUT2D eigenvalue weighted by molar-refractivity contribution is 9.10. The van der Waals surface area contributed by atoms with Gasteiger partial charge in [-0.2, -0.15) is 0 Å². The SMILES string of the molecule is CC[C@@H](CC(=O)Nc1ccc(Br)c(C(=O)O)c1)NC(=O)OCC1c2ccccc2-c2ccccc21. The second-order valence-electron chi connectivity index (χ2n) is 8.33. The predicted molar refractivity (Wildman–Crippen MR) is 137 cm³/mol. The summed E-state index contributed by atoms with van der Waals surface area (Å²) in [6.45, 7) is 2.06. The molecule has 1 aliphatic rings. The van der Waals surface area contributed by atoms with Crippen LogP contribution in [0.5, 0.6) is 0 Å². The van der Waals surface area contributed by atoms with Crippen LogP contribution in [0.15, 0.2) is 71.2 Å². The molecule has 4 rings (SSSR count). The lowest BCUT2D eigenvalue weighted by atomic mass is 9.98. The number of ether oxygens (including phenoxy) is 1. The fraction of sp³-hybridized carbons (Fsp3) is 0.222. The molecule has 0 spiro atoms. The summed E-state index contributed by atoms with van der Waals surface area (Å²) in [6.07, 6.45) is -0.0272. The van der Waals surface area contributed by atoms with Gasteiger partial charge in [-0.3, -0.25) is 4.79 Å². The van der Waals surface area contributed by atoms with Gasteiger partial charge in [-0.05, 0) is 62.8 Å². The average molecular weight is 537 g/mol. The number of carboxylic acids is 1. The molecule has 0 heterocycles. The summed E-state index contributed by atoms with van der Waals surface area (Å²) in [4.78, 5) is 36.4. The fourth-order valence-corrected chi connectivity index (χ4v) is 4.72. The van der Waals surface area contributed by atoms with Crippen LogP contribution in [-0.2, 0) is 9.53 Å². The summed E-state index contributed by atoms with van der Waals surface area (Å²) in [5, 5.41) is 14.7. The lowest BCUT2D eigenvalue weighted by Gasteiger charge is -2.19. The lowest BCUT2D eigenvalue weighted by Crippen LogP contribution is -2.38. The maximum absolute atomic E-state index is 12.6. The second-order valence-corrected chi connectivity index (χ2v) is 9.18. The molecule has 3 N–H and O–H groups in total. The van der Waals surface area contributed by atoms with E-state index in [0.29, 0.717) is 16.6 Å². The van der Waals surface area contributed by atoms with Crippen molar-refractivity contribution in [1.82, 2.24) is 5.32 Å². The number of anilines is 1. The van der Waals surface area contributed by atoms with Gasteiger partial charge in [0.1, 0.15) is 6.61 Å². The van der Waals surface area contributed by atoms with Crippen molar-refractivity contribution in [2.75, 3.05) is 11.9 Å². The Kier molecular flexibility index (Phi) is 7.51. The second kappa shape index (κ2) is 10.7. The van der Waals surface area contributed by atoms with Crippen LogP contribution in [0.25, 0.3) is 11.1 Å². The van der Waals surface area contributed by atoms with Crippen LogP contribution in [0.3, 0.4) is 0 Å². The molecule has 0 aromatic heterocycles. The number of hydrogen-bond donors (Lipinski definition) is 3. The Morgan fingerprint density at radius 3 is 2.23 bits per heavy atom. The molecule has 1 aliphatic carbocycles. The number of carboxylic acid groups (broad SMARTS) is 1. The first-order chi connectivity index (χ1) is 16.9. The number of benzene rings is 3. The summed E-state index contributed by atoms with van der Waals surface area (Å²) in [5.74, 6) is -1.48. The molecule has 0 saturated carbocycles. The summed E-state index contributed by atoms with van der Waals surface area (Å²) >= 11 is 3.18. The third-order valence-corrected chi connectivity index (χ3v) is 6.76. The molecule has 35 heavy (non-hydrogen) atoms. The number of hydrogen-bond acceptors (Lipinski definition) is 4. The van der Waals surface area contributed by atoms with Crippen LogP contribution in [-0.4, -0.2) is 35.7 Å². The topological polar surface area (TPSA) is 105 Å². The Hall–Kier alpha value is -3.65. The highest BCUT2D eigenvalue weighted by Crippen LogP contribution is 2.44. The monoisotopic (exact) mass is 536 g/mol. The molecule has 7 nitrogen and oxygen atoms in total. The number of amides is 2. The molecule has 0 aliphatic heterocycles. The number of rotatable bonds is 8. The van der Waals surface area contributed by atoms with Crippen LogP contribution >= 0.6 is 15.9 Å². The summed E-state index contributed by atoms with van der Waals surface area (Å²) in [6, 6.07) is 20.3. The minimum absolute atomic E-state index is 0.0269. The average Bonchev–Trinajstić information content (AvgIpc) is 3.17. The van der Waals surface area contributed by atoms with E-state index in [1.54, 1.807) is 12.1 Å². The van der Waals surface area contributed by atoms with E-state index in [9.17, 15) is 19.5 Å². The zero-order valence-electron chi connectivity index (χ0n) is 19.1. The molecule has 3 aromatic carbocycles. The van der Waals surface area contributed by atoms with E-state index in [-0.39, 0.29) is 30.4 Å². The minimum atomic E-state index is -1.10. The van der Waals surface area contributed by atoms with Gasteiger partial charge in [-0.25, -0.2) is 9.59 Å². The Morgan fingerprint density at radius 2 is 1.63 bits per heavy atom. The van der Waals surface area contributed by atoms with E-state index in [1.807, 2.05) is 31.2 Å². The number of fused-ring (bicyclic) bond motifs is 3. The van der Waals surface area contributed by atoms with Gasteiger partial charge < -0.3 is 20.5 Å². The lowest BCUT2D eigenvalue weighted by molar-refractivity contribution is -0.116. The van der Waals surface area contributed by atoms with Crippen molar-refractivity contribution in [3.05, 3.63) is 87.9 Å². The van der Waals surface area contributed by atoms with Crippen molar-refractivity contribution in [2.45, 2.75) is 31.7 Å². The van der Waals surface area contributed by atoms with Crippen LogP contribution in [0.4, 0.5) is 10.5 Å². The summed E-state index contributed by atoms with van der Waals surface area (Å²) in [7, 11) is 0. The van der Waals surface area contributed by atoms with Crippen molar-refractivity contribution in [1.29, 1.82) is 0 Å². The smallest absolute Gasteiger partial charge is 0.407 e. The molecule has 180 valence electrons. The van der Waals surface area contributed by atoms with Crippen LogP contribution in [0.2, 0.25) is 0 Å². The van der Waals surface area contributed by atoms with E-state index >= 15 is 0 Å². The van der Waals surface area contributed by atoms with E-state index in [1.165, 1.54) is 6.07 Å². The van der Waals surface area contributed by atoms with Crippen molar-refractivity contribution >= 4 is 39.6 Å². The zero-order valence-corrected chi connectivity index (χ0v) is 20.7. The third-order valence-electron chi connectivity index (χ3n) is 6.07. The van der Waals surface area contributed by atoms with Crippen molar-refractivity contribution in [2.24, 2.45) is 0 Å². The normalized spacial score (nSPS) is 12.9. The standard InChI is InChI=1S/C27H25BrN2O5/c1-2-16(14-25(31)29-17-11-12-24(28)22(13-17)26(32)33)30-27(34)35-15-23-20-9-5-3-7-18(20)19-8-4-6-10-21(19)23/h3-13,16,23H,2,14-15H2,1H3,(H,29,31)(H,30,34)(H,32,33)/t16-/m0/s1. The summed E-state index contributed by atoms with van der Waals surface area (Å²) in [5.41, 5.74) is 4.97. The Bertz CT molecular complexity index is 1230. The van der Waals surface area contributed by atoms with Gasteiger partial charge in [-0.1, -0.05) is 55.5 Å². The molecule has 0 unspecified atom stereocenters. The number of alkyl carbamates (subject to hydrolysis) is 1. The molecule has 3 aromatic rings. The zero-order chi connectivity index (χ0) is 24.9.